The molecule has 7 nitrogen and oxygen atoms in total. The standard InChI is InChI=1S/C33H38ClNO6/c1-5-39-31(37)21-40-29-11-7-8-23(19-29)24-13-12-22-14-15-28(18-26(22)16-24)35(32(38)41-33(2,3)4)20-30(36)25-9-6-10-27(34)17-25/h6-13,16-17,19,28,30,36H,5,14-15,18,20-21H2,1-4H3/t28-,30+/m0/s1. The maximum Gasteiger partial charge on any atom is 0.410 e. The van der Waals surface area contributed by atoms with Gasteiger partial charge in [-0.05, 0) is 99.0 Å². The van der Waals surface area contributed by atoms with Gasteiger partial charge >= 0.3 is 12.1 Å². The maximum atomic E-state index is 13.4. The molecule has 0 saturated heterocycles. The van der Waals surface area contributed by atoms with Crippen LogP contribution < -0.4 is 4.74 Å². The van der Waals surface area contributed by atoms with Gasteiger partial charge in [0.1, 0.15) is 11.4 Å². The highest BCUT2D eigenvalue weighted by Gasteiger charge is 2.33. The van der Waals surface area contributed by atoms with Gasteiger partial charge in [0, 0.05) is 11.1 Å². The third-order valence-electron chi connectivity index (χ3n) is 6.91. The number of aliphatic hydroxyl groups excluding tert-OH is 1. The first kappa shape index (κ1) is 30.4. The van der Waals surface area contributed by atoms with E-state index in [1.54, 1.807) is 42.2 Å². The normalized spacial score (nSPS) is 15.4. The lowest BCUT2D eigenvalue weighted by molar-refractivity contribution is -0.145. The topological polar surface area (TPSA) is 85.3 Å². The molecule has 0 saturated carbocycles. The molecular formula is C33H38ClNO6. The van der Waals surface area contributed by atoms with Crippen LogP contribution in [0, 0.1) is 0 Å². The number of esters is 1. The summed E-state index contributed by atoms with van der Waals surface area (Å²) in [6, 6.07) is 20.8. The smallest absolute Gasteiger partial charge is 0.410 e. The number of amides is 1. The van der Waals surface area contributed by atoms with E-state index in [9.17, 15) is 14.7 Å². The van der Waals surface area contributed by atoms with Crippen LogP contribution in [0.15, 0.2) is 66.7 Å². The van der Waals surface area contributed by atoms with Gasteiger partial charge in [-0.25, -0.2) is 9.59 Å². The second kappa shape index (κ2) is 13.4. The molecular weight excluding hydrogens is 542 g/mol. The predicted molar refractivity (Wildman–Crippen MR) is 159 cm³/mol. The summed E-state index contributed by atoms with van der Waals surface area (Å²) in [6.07, 6.45) is 0.825. The van der Waals surface area contributed by atoms with E-state index in [1.165, 1.54) is 5.56 Å². The quantitative estimate of drug-likeness (QED) is 0.281. The molecule has 218 valence electrons. The van der Waals surface area contributed by atoms with Gasteiger partial charge in [0.2, 0.25) is 0 Å². The Kier molecular flexibility index (Phi) is 9.94. The van der Waals surface area contributed by atoms with Gasteiger partial charge in [-0.2, -0.15) is 0 Å². The SMILES string of the molecule is CCOC(=O)COc1cccc(-c2ccc3c(c2)C[C@@H](N(C[C@@H](O)c2cccc(Cl)c2)C(=O)OC(C)(C)C)CC3)c1. The first-order chi connectivity index (χ1) is 19.5. The molecule has 1 N–H and O–H groups in total. The van der Waals surface area contributed by atoms with Gasteiger partial charge in [0.15, 0.2) is 6.61 Å². The number of carbonyl (C=O) groups excluding carboxylic acids is 2. The maximum absolute atomic E-state index is 13.4. The van der Waals surface area contributed by atoms with E-state index in [0.29, 0.717) is 29.4 Å². The molecule has 8 heteroatoms. The van der Waals surface area contributed by atoms with E-state index in [4.69, 9.17) is 25.8 Å². The lowest BCUT2D eigenvalue weighted by Gasteiger charge is -2.37. The lowest BCUT2D eigenvalue weighted by Crippen LogP contribution is -2.47. The summed E-state index contributed by atoms with van der Waals surface area (Å²) in [7, 11) is 0. The van der Waals surface area contributed by atoms with Crippen LogP contribution in [0.5, 0.6) is 5.75 Å². The largest absolute Gasteiger partial charge is 0.482 e. The number of ether oxygens (including phenoxy) is 3. The van der Waals surface area contributed by atoms with Gasteiger partial charge in [-0.1, -0.05) is 54.1 Å². The summed E-state index contributed by atoms with van der Waals surface area (Å²) < 4.78 is 16.3. The number of carbonyl (C=O) groups is 2. The highest BCUT2D eigenvalue weighted by atomic mass is 35.5. The van der Waals surface area contributed by atoms with Gasteiger partial charge < -0.3 is 24.2 Å². The number of fused-ring (bicyclic) bond motifs is 1. The third-order valence-corrected chi connectivity index (χ3v) is 7.15. The number of aryl methyl sites for hydroxylation is 1. The minimum Gasteiger partial charge on any atom is -0.482 e. The van der Waals surface area contributed by atoms with Crippen LogP contribution in [-0.4, -0.2) is 53.5 Å². The molecule has 0 aliphatic heterocycles. The molecule has 41 heavy (non-hydrogen) atoms. The zero-order valence-corrected chi connectivity index (χ0v) is 24.8. The minimum absolute atomic E-state index is 0.0921. The van der Waals surface area contributed by atoms with Crippen molar-refractivity contribution < 1.29 is 28.9 Å². The molecule has 1 aliphatic rings. The lowest BCUT2D eigenvalue weighted by atomic mass is 9.85. The Labute approximate surface area is 247 Å². The van der Waals surface area contributed by atoms with Gasteiger partial charge in [-0.3, -0.25) is 0 Å². The van der Waals surface area contributed by atoms with Crippen molar-refractivity contribution in [1.82, 2.24) is 4.90 Å². The zero-order chi connectivity index (χ0) is 29.6. The summed E-state index contributed by atoms with van der Waals surface area (Å²) in [5.41, 5.74) is 4.32. The minimum atomic E-state index is -0.911. The number of hydrogen-bond donors (Lipinski definition) is 1. The third kappa shape index (κ3) is 8.47. The number of halogens is 1. The number of hydrogen-bond acceptors (Lipinski definition) is 6. The van der Waals surface area contributed by atoms with E-state index in [0.717, 1.165) is 29.5 Å². The van der Waals surface area contributed by atoms with Crippen LogP contribution in [0.3, 0.4) is 0 Å². The Morgan fingerprint density at radius 3 is 2.51 bits per heavy atom. The molecule has 0 aromatic heterocycles. The molecule has 2 atom stereocenters. The fourth-order valence-corrected chi connectivity index (χ4v) is 5.19. The Morgan fingerprint density at radius 1 is 1.02 bits per heavy atom. The molecule has 4 rings (SSSR count). The number of benzene rings is 3. The molecule has 0 bridgehead atoms. The molecule has 1 aliphatic carbocycles. The Bertz CT molecular complexity index is 1370. The number of rotatable bonds is 9. The van der Waals surface area contributed by atoms with Crippen molar-refractivity contribution in [3.8, 4) is 16.9 Å². The zero-order valence-electron chi connectivity index (χ0n) is 24.1. The van der Waals surface area contributed by atoms with Crippen LogP contribution in [0.25, 0.3) is 11.1 Å². The van der Waals surface area contributed by atoms with E-state index < -0.39 is 23.8 Å². The first-order valence-corrected chi connectivity index (χ1v) is 14.3. The van der Waals surface area contributed by atoms with Crippen molar-refractivity contribution in [1.29, 1.82) is 0 Å². The molecule has 3 aromatic carbocycles. The molecule has 1 amide bonds. The monoisotopic (exact) mass is 579 g/mol. The Morgan fingerprint density at radius 2 is 1.78 bits per heavy atom. The van der Waals surface area contributed by atoms with E-state index >= 15 is 0 Å². The summed E-state index contributed by atoms with van der Waals surface area (Å²) in [5, 5.41) is 11.6. The molecule has 0 heterocycles. The second-order valence-corrected chi connectivity index (χ2v) is 11.6. The van der Waals surface area contributed by atoms with Crippen LogP contribution in [-0.2, 0) is 27.1 Å². The van der Waals surface area contributed by atoms with Crippen LogP contribution in [0.4, 0.5) is 4.79 Å². The second-order valence-electron chi connectivity index (χ2n) is 11.2. The molecule has 0 unspecified atom stereocenters. The Balaban J connectivity index is 1.55. The number of nitrogens with zero attached hydrogens (tertiary/aromatic N) is 1. The summed E-state index contributed by atoms with van der Waals surface area (Å²) >= 11 is 6.15. The first-order valence-electron chi connectivity index (χ1n) is 14.0. The van der Waals surface area contributed by atoms with E-state index in [2.05, 4.69) is 18.2 Å². The fraction of sp³-hybridized carbons (Fsp3) is 0.394. The summed E-state index contributed by atoms with van der Waals surface area (Å²) in [5.74, 6) is 0.171. The van der Waals surface area contributed by atoms with Crippen molar-refractivity contribution in [2.75, 3.05) is 19.8 Å². The molecule has 0 spiro atoms. The van der Waals surface area contributed by atoms with Gasteiger partial charge in [0.25, 0.3) is 0 Å². The fourth-order valence-electron chi connectivity index (χ4n) is 4.99. The average molecular weight is 580 g/mol. The van der Waals surface area contributed by atoms with Crippen LogP contribution in [0.2, 0.25) is 5.02 Å². The number of aliphatic hydroxyl groups is 1. The predicted octanol–water partition coefficient (Wildman–Crippen LogP) is 6.78. The van der Waals surface area contributed by atoms with Crippen molar-refractivity contribution >= 4 is 23.7 Å². The van der Waals surface area contributed by atoms with Crippen LogP contribution in [0.1, 0.15) is 56.9 Å². The van der Waals surface area contributed by atoms with E-state index in [-0.39, 0.29) is 19.2 Å². The molecule has 0 fully saturated rings. The van der Waals surface area contributed by atoms with E-state index in [1.807, 2.05) is 39.0 Å². The average Bonchev–Trinajstić information content (AvgIpc) is 2.93. The van der Waals surface area contributed by atoms with Crippen LogP contribution >= 0.6 is 11.6 Å². The summed E-state index contributed by atoms with van der Waals surface area (Å²) in [6.45, 7) is 7.52. The van der Waals surface area contributed by atoms with Crippen molar-refractivity contribution in [3.05, 3.63) is 88.4 Å². The Hall–Kier alpha value is -3.55. The van der Waals surface area contributed by atoms with Crippen molar-refractivity contribution in [3.63, 3.8) is 0 Å². The molecule has 3 aromatic rings. The van der Waals surface area contributed by atoms with Crippen molar-refractivity contribution in [2.45, 2.75) is 64.7 Å². The van der Waals surface area contributed by atoms with Gasteiger partial charge in [0.05, 0.1) is 19.3 Å². The highest BCUT2D eigenvalue weighted by molar-refractivity contribution is 6.30. The highest BCUT2D eigenvalue weighted by Crippen LogP contribution is 2.32. The van der Waals surface area contributed by atoms with Crippen molar-refractivity contribution in [2.24, 2.45) is 0 Å². The molecule has 0 radical (unpaired) electrons. The van der Waals surface area contributed by atoms with Gasteiger partial charge in [-0.15, -0.1) is 0 Å². The summed E-state index contributed by atoms with van der Waals surface area (Å²) in [4.78, 5) is 26.8.